The zero-order valence-corrected chi connectivity index (χ0v) is 18.4. The van der Waals surface area contributed by atoms with Gasteiger partial charge in [-0.15, -0.1) is 0 Å². The minimum Gasteiger partial charge on any atom is -0.462 e. The van der Waals surface area contributed by atoms with Gasteiger partial charge in [0.05, 0.1) is 17.7 Å². The summed E-state index contributed by atoms with van der Waals surface area (Å²) in [5, 5.41) is 11.3. The topological polar surface area (TPSA) is 59.4 Å². The van der Waals surface area contributed by atoms with Gasteiger partial charge >= 0.3 is 5.97 Å². The Labute approximate surface area is 188 Å². The van der Waals surface area contributed by atoms with E-state index in [1.807, 2.05) is 43.5 Å². The molecule has 3 aliphatic rings. The molecule has 2 aromatic rings. The summed E-state index contributed by atoms with van der Waals surface area (Å²) in [5.74, 6) is 0.785. The number of carbonyl (C=O) groups is 1. The lowest BCUT2D eigenvalue weighted by atomic mass is 9.56. The maximum Gasteiger partial charge on any atom is 0.309 e. The Bertz CT molecular complexity index is 988. The number of esters is 1. The summed E-state index contributed by atoms with van der Waals surface area (Å²) in [4.78, 5) is 17.1. The Morgan fingerprint density at radius 1 is 1.16 bits per heavy atom. The number of allylic oxidation sites excluding steroid dienone is 1. The number of aliphatic hydroxyl groups excluding tert-OH is 1. The molecule has 0 unspecified atom stereocenters. The van der Waals surface area contributed by atoms with Crippen LogP contribution < -0.4 is 0 Å². The van der Waals surface area contributed by atoms with Crippen molar-refractivity contribution < 1.29 is 14.6 Å². The van der Waals surface area contributed by atoms with Crippen molar-refractivity contribution >= 4 is 23.6 Å². The molecular formula is C26H28ClNO3. The van der Waals surface area contributed by atoms with E-state index < -0.39 is 0 Å². The molecule has 162 valence electrons. The van der Waals surface area contributed by atoms with E-state index in [2.05, 4.69) is 23.2 Å². The molecule has 4 nitrogen and oxygen atoms in total. The van der Waals surface area contributed by atoms with E-state index in [-0.39, 0.29) is 41.8 Å². The van der Waals surface area contributed by atoms with Crippen LogP contribution in [0.15, 0.2) is 48.7 Å². The Hall–Kier alpha value is -2.17. The third-order valence-electron chi connectivity index (χ3n) is 7.59. The van der Waals surface area contributed by atoms with Crippen LogP contribution >= 0.6 is 11.6 Å². The van der Waals surface area contributed by atoms with Gasteiger partial charge < -0.3 is 9.84 Å². The van der Waals surface area contributed by atoms with Crippen molar-refractivity contribution in [1.29, 1.82) is 0 Å². The molecule has 2 heterocycles. The zero-order valence-electron chi connectivity index (χ0n) is 17.7. The van der Waals surface area contributed by atoms with Gasteiger partial charge in [-0.2, -0.15) is 0 Å². The SMILES string of the molecule is C[C@H]1OC(=O)[C@@H]2C[C@H]3[C@@H](CCC[C@@H]3O)[C@H](/C=C/c3ccc(-c4cccc(Cl)c4)cn3)[C@H]12. The van der Waals surface area contributed by atoms with Crippen LogP contribution in [0.25, 0.3) is 17.2 Å². The van der Waals surface area contributed by atoms with Crippen LogP contribution in [0.1, 0.15) is 38.3 Å². The first-order valence-corrected chi connectivity index (χ1v) is 11.7. The molecule has 0 bridgehead atoms. The van der Waals surface area contributed by atoms with Crippen LogP contribution in [0.4, 0.5) is 0 Å². The third-order valence-corrected chi connectivity index (χ3v) is 7.83. The highest BCUT2D eigenvalue weighted by Crippen LogP contribution is 2.53. The second-order valence-electron chi connectivity index (χ2n) is 9.31. The summed E-state index contributed by atoms with van der Waals surface area (Å²) >= 11 is 6.11. The molecule has 0 radical (unpaired) electrons. The van der Waals surface area contributed by atoms with Gasteiger partial charge in [-0.05, 0) is 73.8 Å². The summed E-state index contributed by atoms with van der Waals surface area (Å²) in [7, 11) is 0. The second-order valence-corrected chi connectivity index (χ2v) is 9.74. The molecule has 0 spiro atoms. The van der Waals surface area contributed by atoms with E-state index in [4.69, 9.17) is 16.3 Å². The first-order valence-electron chi connectivity index (χ1n) is 11.3. The van der Waals surface area contributed by atoms with E-state index in [0.29, 0.717) is 10.9 Å². The fraction of sp³-hybridized carbons (Fsp3) is 0.462. The molecule has 7 atom stereocenters. The highest BCUT2D eigenvalue weighted by molar-refractivity contribution is 6.30. The fourth-order valence-electron chi connectivity index (χ4n) is 6.16. The number of hydrogen-bond acceptors (Lipinski definition) is 4. The molecule has 1 aliphatic heterocycles. The summed E-state index contributed by atoms with van der Waals surface area (Å²) in [6, 6.07) is 11.8. The molecule has 0 amide bonds. The number of aliphatic hydroxyl groups is 1. The van der Waals surface area contributed by atoms with Crippen LogP contribution in [0.3, 0.4) is 0 Å². The molecule has 2 aliphatic carbocycles. The van der Waals surface area contributed by atoms with Crippen molar-refractivity contribution in [3.8, 4) is 11.1 Å². The van der Waals surface area contributed by atoms with Gasteiger partial charge in [0, 0.05) is 22.7 Å². The van der Waals surface area contributed by atoms with E-state index in [0.717, 1.165) is 42.5 Å². The van der Waals surface area contributed by atoms with Crippen LogP contribution in [0.5, 0.6) is 0 Å². The zero-order chi connectivity index (χ0) is 21.5. The minimum absolute atomic E-state index is 0.0784. The summed E-state index contributed by atoms with van der Waals surface area (Å²) in [6.45, 7) is 2.01. The summed E-state index contributed by atoms with van der Waals surface area (Å²) < 4.78 is 5.63. The number of benzene rings is 1. The molecule has 1 aromatic carbocycles. The molecule has 31 heavy (non-hydrogen) atoms. The van der Waals surface area contributed by atoms with E-state index in [9.17, 15) is 9.90 Å². The standard InChI is InChI=1S/C26H28ClNO3/c1-15-25-21(20-6-3-7-24(29)22(20)13-23(25)26(30)31-15)11-10-19-9-8-17(14-28-19)16-4-2-5-18(27)12-16/h2,4-5,8-12,14-15,20-25,29H,3,6-7,13H2,1H3/b11-10+/t15-,20+,21+,22+,23-,24+,25+/m1/s1. The molecule has 1 aromatic heterocycles. The van der Waals surface area contributed by atoms with E-state index >= 15 is 0 Å². The third kappa shape index (κ3) is 3.92. The first-order chi connectivity index (χ1) is 15.0. The van der Waals surface area contributed by atoms with Gasteiger partial charge in [0.15, 0.2) is 0 Å². The first kappa shape index (κ1) is 20.7. The summed E-state index contributed by atoms with van der Waals surface area (Å²) in [5.41, 5.74) is 2.95. The number of carbonyl (C=O) groups excluding carboxylic acids is 1. The Kier molecular flexibility index (Phi) is 5.61. The predicted molar refractivity (Wildman–Crippen MR) is 121 cm³/mol. The average molecular weight is 438 g/mol. The van der Waals surface area contributed by atoms with Crippen molar-refractivity contribution in [2.75, 3.05) is 0 Å². The van der Waals surface area contributed by atoms with Crippen molar-refractivity contribution in [3.63, 3.8) is 0 Å². The molecule has 5 heteroatoms. The van der Waals surface area contributed by atoms with Crippen LogP contribution in [0, 0.1) is 29.6 Å². The maximum absolute atomic E-state index is 12.5. The summed E-state index contributed by atoms with van der Waals surface area (Å²) in [6.07, 6.45) is 9.52. The molecule has 2 saturated carbocycles. The number of pyridine rings is 1. The number of aromatic nitrogens is 1. The van der Waals surface area contributed by atoms with Crippen LogP contribution in [-0.4, -0.2) is 28.3 Å². The monoisotopic (exact) mass is 437 g/mol. The van der Waals surface area contributed by atoms with Gasteiger partial charge in [-0.25, -0.2) is 0 Å². The smallest absolute Gasteiger partial charge is 0.309 e. The van der Waals surface area contributed by atoms with Crippen molar-refractivity contribution in [3.05, 3.63) is 59.4 Å². The molecule has 1 N–H and O–H groups in total. The number of rotatable bonds is 3. The fourth-order valence-corrected chi connectivity index (χ4v) is 6.35. The number of halogens is 1. The van der Waals surface area contributed by atoms with Crippen molar-refractivity contribution in [1.82, 2.24) is 4.98 Å². The molecular weight excluding hydrogens is 410 g/mol. The Balaban J connectivity index is 1.40. The van der Waals surface area contributed by atoms with E-state index in [1.54, 1.807) is 0 Å². The lowest BCUT2D eigenvalue weighted by Gasteiger charge is -2.47. The van der Waals surface area contributed by atoms with Gasteiger partial charge in [0.2, 0.25) is 0 Å². The van der Waals surface area contributed by atoms with Crippen molar-refractivity contribution in [2.24, 2.45) is 29.6 Å². The van der Waals surface area contributed by atoms with Gasteiger partial charge in [0.1, 0.15) is 6.10 Å². The number of nitrogens with zero attached hydrogens (tertiary/aromatic N) is 1. The quantitative estimate of drug-likeness (QED) is 0.654. The number of hydrogen-bond donors (Lipinski definition) is 1. The highest BCUT2D eigenvalue weighted by Gasteiger charge is 2.55. The lowest BCUT2D eigenvalue weighted by molar-refractivity contribution is -0.145. The molecule has 1 saturated heterocycles. The average Bonchev–Trinajstić information content (AvgIpc) is 3.05. The maximum atomic E-state index is 12.5. The van der Waals surface area contributed by atoms with Crippen LogP contribution in [0.2, 0.25) is 5.02 Å². The van der Waals surface area contributed by atoms with Crippen LogP contribution in [-0.2, 0) is 9.53 Å². The molecule has 5 rings (SSSR count). The Morgan fingerprint density at radius 3 is 2.81 bits per heavy atom. The minimum atomic E-state index is -0.311. The highest BCUT2D eigenvalue weighted by atomic mass is 35.5. The normalized spacial score (nSPS) is 34.9. The van der Waals surface area contributed by atoms with E-state index in [1.165, 1.54) is 0 Å². The number of cyclic esters (lactones) is 1. The largest absolute Gasteiger partial charge is 0.462 e. The van der Waals surface area contributed by atoms with Gasteiger partial charge in [0.25, 0.3) is 0 Å². The number of fused-ring (bicyclic) bond motifs is 2. The lowest BCUT2D eigenvalue weighted by Crippen LogP contribution is -2.47. The van der Waals surface area contributed by atoms with Gasteiger partial charge in [-0.1, -0.05) is 42.3 Å². The van der Waals surface area contributed by atoms with Gasteiger partial charge in [-0.3, -0.25) is 9.78 Å². The number of ether oxygens (including phenoxy) is 1. The second kappa shape index (κ2) is 8.40. The Morgan fingerprint density at radius 2 is 2.03 bits per heavy atom. The van der Waals surface area contributed by atoms with Crippen molar-refractivity contribution in [2.45, 2.75) is 44.8 Å². The predicted octanol–water partition coefficient (Wildman–Crippen LogP) is 5.39. The molecule has 3 fully saturated rings.